The summed E-state index contributed by atoms with van der Waals surface area (Å²) >= 11 is 9.45. The first-order valence-corrected chi connectivity index (χ1v) is 9.95. The summed E-state index contributed by atoms with van der Waals surface area (Å²) in [6.07, 6.45) is 2.37. The molecule has 0 unspecified atom stereocenters. The average molecular weight is 455 g/mol. The molecule has 1 aliphatic heterocycles. The number of aryl methyl sites for hydroxylation is 1. The first-order valence-electron chi connectivity index (χ1n) is 8.78. The number of primary amides is 1. The molecule has 1 aliphatic rings. The summed E-state index contributed by atoms with van der Waals surface area (Å²) in [6.45, 7) is 3.43. The molecule has 0 aliphatic carbocycles. The molecular formula is C18H21BrClN5O2. The van der Waals surface area contributed by atoms with E-state index in [-0.39, 0.29) is 17.1 Å². The highest BCUT2D eigenvalue weighted by Crippen LogP contribution is 2.23. The maximum Gasteiger partial charge on any atom is 0.267 e. The number of nitrogens with two attached hydrogens (primary N) is 1. The van der Waals surface area contributed by atoms with E-state index in [1.807, 2.05) is 17.9 Å². The third kappa shape index (κ3) is 4.62. The molecule has 0 aromatic carbocycles. The van der Waals surface area contributed by atoms with E-state index in [0.29, 0.717) is 30.2 Å². The Labute approximate surface area is 170 Å². The molecule has 2 aromatic rings. The molecule has 2 aromatic heterocycles. The van der Waals surface area contributed by atoms with Gasteiger partial charge in [0, 0.05) is 34.9 Å². The van der Waals surface area contributed by atoms with Crippen LogP contribution in [0.2, 0.25) is 5.15 Å². The molecule has 1 saturated heterocycles. The average Bonchev–Trinajstić information content (AvgIpc) is 3.02. The highest BCUT2D eigenvalue weighted by atomic mass is 79.9. The molecule has 7 nitrogen and oxygen atoms in total. The lowest BCUT2D eigenvalue weighted by Crippen LogP contribution is -2.45. The number of piperidine rings is 1. The number of amides is 2. The van der Waals surface area contributed by atoms with Gasteiger partial charge < -0.3 is 20.9 Å². The Morgan fingerprint density at radius 1 is 1.37 bits per heavy atom. The van der Waals surface area contributed by atoms with Gasteiger partial charge in [0.1, 0.15) is 16.7 Å². The summed E-state index contributed by atoms with van der Waals surface area (Å²) in [7, 11) is 0. The van der Waals surface area contributed by atoms with Crippen molar-refractivity contribution in [1.29, 1.82) is 0 Å². The van der Waals surface area contributed by atoms with Crippen molar-refractivity contribution < 1.29 is 9.59 Å². The highest BCUT2D eigenvalue weighted by molar-refractivity contribution is 9.10. The second-order valence-corrected chi connectivity index (χ2v) is 7.74. The van der Waals surface area contributed by atoms with Crippen LogP contribution in [0.3, 0.4) is 0 Å². The van der Waals surface area contributed by atoms with Gasteiger partial charge in [-0.2, -0.15) is 0 Å². The van der Waals surface area contributed by atoms with Crippen molar-refractivity contribution in [2.24, 2.45) is 5.73 Å². The summed E-state index contributed by atoms with van der Waals surface area (Å²) in [6, 6.07) is 5.00. The van der Waals surface area contributed by atoms with Gasteiger partial charge in [-0.05, 0) is 53.4 Å². The Balaban J connectivity index is 1.60. The second kappa shape index (κ2) is 8.31. The van der Waals surface area contributed by atoms with E-state index >= 15 is 0 Å². The predicted octanol–water partition coefficient (Wildman–Crippen LogP) is 2.89. The molecule has 3 heterocycles. The van der Waals surface area contributed by atoms with Gasteiger partial charge in [-0.1, -0.05) is 18.5 Å². The normalized spacial score (nSPS) is 15.0. The first-order chi connectivity index (χ1) is 12.9. The number of nitrogens with one attached hydrogen (secondary N) is 2. The number of nitrogens with zero attached hydrogens (tertiary/aromatic N) is 2. The van der Waals surface area contributed by atoms with Gasteiger partial charge in [0.2, 0.25) is 5.91 Å². The van der Waals surface area contributed by atoms with Gasteiger partial charge in [-0.25, -0.2) is 4.98 Å². The summed E-state index contributed by atoms with van der Waals surface area (Å²) in [5.74, 6) is -0.0148. The fourth-order valence-corrected chi connectivity index (χ4v) is 3.97. The Morgan fingerprint density at radius 3 is 2.67 bits per heavy atom. The van der Waals surface area contributed by atoms with Crippen LogP contribution < -0.4 is 16.0 Å². The maximum atomic E-state index is 12.5. The van der Waals surface area contributed by atoms with Gasteiger partial charge in [0.15, 0.2) is 0 Å². The van der Waals surface area contributed by atoms with Crippen molar-refractivity contribution in [2.45, 2.75) is 32.2 Å². The summed E-state index contributed by atoms with van der Waals surface area (Å²) < 4.78 is 0.919. The minimum Gasteiger partial charge on any atom is -0.366 e. The molecule has 0 atom stereocenters. The van der Waals surface area contributed by atoms with E-state index in [0.717, 1.165) is 29.4 Å². The van der Waals surface area contributed by atoms with Crippen LogP contribution in [0.5, 0.6) is 0 Å². The molecule has 27 heavy (non-hydrogen) atoms. The third-order valence-electron chi connectivity index (χ3n) is 4.66. The van der Waals surface area contributed by atoms with Gasteiger partial charge in [0.05, 0.1) is 0 Å². The predicted molar refractivity (Wildman–Crippen MR) is 108 cm³/mol. The van der Waals surface area contributed by atoms with Gasteiger partial charge >= 0.3 is 0 Å². The summed E-state index contributed by atoms with van der Waals surface area (Å²) in [5, 5.41) is 3.31. The van der Waals surface area contributed by atoms with Crippen LogP contribution in [0.4, 0.5) is 5.82 Å². The van der Waals surface area contributed by atoms with Crippen LogP contribution in [-0.2, 0) is 6.42 Å². The molecule has 0 spiro atoms. The number of hydrogen-bond donors (Lipinski definition) is 3. The SMILES string of the molecule is CCc1[nH]c(C(=O)NC2CCN(c3cc(C(N)=O)cc(Cl)n3)CC2)cc1Br. The van der Waals surface area contributed by atoms with E-state index in [2.05, 4.69) is 31.2 Å². The van der Waals surface area contributed by atoms with Crippen molar-refractivity contribution in [3.63, 3.8) is 0 Å². The van der Waals surface area contributed by atoms with E-state index in [1.54, 1.807) is 6.07 Å². The van der Waals surface area contributed by atoms with Gasteiger partial charge in [-0.15, -0.1) is 0 Å². The number of rotatable bonds is 5. The first kappa shape index (κ1) is 19.7. The fourth-order valence-electron chi connectivity index (χ4n) is 3.16. The molecule has 144 valence electrons. The molecule has 2 amide bonds. The number of carbonyl (C=O) groups is 2. The number of halogens is 2. The van der Waals surface area contributed by atoms with Crippen LogP contribution in [0, 0.1) is 0 Å². The van der Waals surface area contributed by atoms with E-state index in [1.165, 1.54) is 6.07 Å². The van der Waals surface area contributed by atoms with Crippen LogP contribution >= 0.6 is 27.5 Å². The number of carbonyl (C=O) groups excluding carboxylic acids is 2. The third-order valence-corrected chi connectivity index (χ3v) is 5.56. The molecule has 0 bridgehead atoms. The Hall–Kier alpha value is -2.06. The van der Waals surface area contributed by atoms with E-state index in [9.17, 15) is 9.59 Å². The largest absolute Gasteiger partial charge is 0.366 e. The maximum absolute atomic E-state index is 12.5. The number of pyridine rings is 1. The van der Waals surface area contributed by atoms with Crippen LogP contribution in [-0.4, -0.2) is 40.9 Å². The lowest BCUT2D eigenvalue weighted by molar-refractivity contribution is 0.0925. The fraction of sp³-hybridized carbons (Fsp3) is 0.389. The van der Waals surface area contributed by atoms with Crippen LogP contribution in [0.25, 0.3) is 0 Å². The minimum absolute atomic E-state index is 0.0793. The quantitative estimate of drug-likeness (QED) is 0.604. The molecular weight excluding hydrogens is 434 g/mol. The Kier molecular flexibility index (Phi) is 6.06. The summed E-state index contributed by atoms with van der Waals surface area (Å²) in [5.41, 5.74) is 7.24. The number of H-pyrrole nitrogens is 1. The molecule has 4 N–H and O–H groups in total. The standard InChI is InChI=1S/C18H21BrClN5O2/c1-2-13-12(19)9-14(23-13)18(27)22-11-3-5-25(6-4-11)16-8-10(17(21)26)7-15(20)24-16/h7-9,11,23H,2-6H2,1H3,(H2,21,26)(H,22,27). The van der Waals surface area contributed by atoms with Gasteiger partial charge in [-0.3, -0.25) is 9.59 Å². The second-order valence-electron chi connectivity index (χ2n) is 6.50. The van der Waals surface area contributed by atoms with Crippen LogP contribution in [0.1, 0.15) is 46.3 Å². The van der Waals surface area contributed by atoms with E-state index < -0.39 is 5.91 Å². The zero-order valence-electron chi connectivity index (χ0n) is 14.9. The zero-order chi connectivity index (χ0) is 19.6. The number of aromatic nitrogens is 2. The zero-order valence-corrected chi connectivity index (χ0v) is 17.2. The number of hydrogen-bond acceptors (Lipinski definition) is 4. The van der Waals surface area contributed by atoms with Gasteiger partial charge in [0.25, 0.3) is 5.91 Å². The lowest BCUT2D eigenvalue weighted by atomic mass is 10.0. The van der Waals surface area contributed by atoms with Crippen molar-refractivity contribution in [3.8, 4) is 0 Å². The molecule has 0 radical (unpaired) electrons. The van der Waals surface area contributed by atoms with Crippen LogP contribution in [0.15, 0.2) is 22.7 Å². The summed E-state index contributed by atoms with van der Waals surface area (Å²) in [4.78, 5) is 33.3. The molecule has 9 heteroatoms. The topological polar surface area (TPSA) is 104 Å². The van der Waals surface area contributed by atoms with Crippen molar-refractivity contribution in [1.82, 2.24) is 15.3 Å². The van der Waals surface area contributed by atoms with Crippen molar-refractivity contribution in [2.75, 3.05) is 18.0 Å². The molecule has 3 rings (SSSR count). The number of aromatic amines is 1. The Bertz CT molecular complexity index is 861. The Morgan fingerprint density at radius 2 is 2.07 bits per heavy atom. The van der Waals surface area contributed by atoms with Crippen molar-refractivity contribution >= 4 is 45.2 Å². The molecule has 0 saturated carbocycles. The van der Waals surface area contributed by atoms with Crippen molar-refractivity contribution in [3.05, 3.63) is 44.8 Å². The lowest BCUT2D eigenvalue weighted by Gasteiger charge is -2.33. The highest BCUT2D eigenvalue weighted by Gasteiger charge is 2.23. The minimum atomic E-state index is -0.536. The molecule has 1 fully saturated rings. The van der Waals surface area contributed by atoms with E-state index in [4.69, 9.17) is 17.3 Å². The smallest absolute Gasteiger partial charge is 0.267 e. The number of anilines is 1. The monoisotopic (exact) mass is 453 g/mol.